The third-order valence-corrected chi connectivity index (χ3v) is 3.72. The van der Waals surface area contributed by atoms with E-state index in [-0.39, 0.29) is 5.82 Å². The van der Waals surface area contributed by atoms with Crippen LogP contribution in [0.4, 0.5) is 4.39 Å². The van der Waals surface area contributed by atoms with Crippen molar-refractivity contribution in [2.24, 2.45) is 7.05 Å². The summed E-state index contributed by atoms with van der Waals surface area (Å²) < 4.78 is 22.2. The molecule has 1 heterocycles. The number of aryl methyl sites for hydroxylation is 2. The summed E-state index contributed by atoms with van der Waals surface area (Å²) in [5.74, 6) is 0.396. The van der Waals surface area contributed by atoms with Gasteiger partial charge in [-0.25, -0.2) is 4.39 Å². The maximum atomic E-state index is 12.8. The molecule has 3 rings (SSSR count). The Kier molecular flexibility index (Phi) is 3.96. The molecule has 1 N–H and O–H groups in total. The van der Waals surface area contributed by atoms with E-state index < -0.39 is 0 Å². The number of para-hydroxylation sites is 2. The van der Waals surface area contributed by atoms with Gasteiger partial charge in [0.1, 0.15) is 11.6 Å². The Morgan fingerprint density at radius 3 is 2.45 bits per heavy atom. The first-order valence-corrected chi connectivity index (χ1v) is 7.24. The summed E-state index contributed by atoms with van der Waals surface area (Å²) in [5.41, 5.74) is 2.58. The highest BCUT2D eigenvalue weighted by molar-refractivity contribution is 5.75. The summed E-state index contributed by atoms with van der Waals surface area (Å²) in [6, 6.07) is 14.0. The molecule has 3 aromatic rings. The molecule has 5 heteroatoms. The second-order valence-corrected chi connectivity index (χ2v) is 5.18. The van der Waals surface area contributed by atoms with Crippen LogP contribution >= 0.6 is 0 Å². The number of fused-ring (bicyclic) bond motifs is 1. The Morgan fingerprint density at radius 2 is 1.73 bits per heavy atom. The first-order valence-electron chi connectivity index (χ1n) is 7.24. The second kappa shape index (κ2) is 6.05. The lowest BCUT2D eigenvalue weighted by Gasteiger charge is -2.07. The smallest absolute Gasteiger partial charge is 0.202 e. The lowest BCUT2D eigenvalue weighted by atomic mass is 10.3. The summed E-state index contributed by atoms with van der Waals surface area (Å²) >= 11 is 0. The first-order chi connectivity index (χ1) is 10.7. The van der Waals surface area contributed by atoms with Gasteiger partial charge in [-0.2, -0.15) is 0 Å². The minimum Gasteiger partial charge on any atom is -0.494 e. The Balaban J connectivity index is 1.66. The number of nitrogens with one attached hydrogen (secondary N) is 1. The van der Waals surface area contributed by atoms with Crippen molar-refractivity contribution in [2.45, 2.75) is 13.0 Å². The molecule has 1 aromatic heterocycles. The molecule has 0 unspecified atom stereocenters. The van der Waals surface area contributed by atoms with Gasteiger partial charge in [0, 0.05) is 13.6 Å². The lowest BCUT2D eigenvalue weighted by Crippen LogP contribution is -2.23. The van der Waals surface area contributed by atoms with Crippen LogP contribution in [0.3, 0.4) is 0 Å². The third-order valence-electron chi connectivity index (χ3n) is 3.72. The van der Waals surface area contributed by atoms with Gasteiger partial charge in [0.25, 0.3) is 0 Å². The van der Waals surface area contributed by atoms with E-state index >= 15 is 0 Å². The molecule has 114 valence electrons. The highest BCUT2D eigenvalue weighted by Crippen LogP contribution is 2.13. The van der Waals surface area contributed by atoms with E-state index in [0.29, 0.717) is 24.5 Å². The summed E-state index contributed by atoms with van der Waals surface area (Å²) in [5, 5.41) is 8.19. The van der Waals surface area contributed by atoms with E-state index in [4.69, 9.17) is 10.1 Å². The highest BCUT2D eigenvalue weighted by atomic mass is 19.1. The van der Waals surface area contributed by atoms with E-state index in [1.807, 2.05) is 40.4 Å². The predicted molar refractivity (Wildman–Crippen MR) is 83.3 cm³/mol. The molecule has 0 saturated carbocycles. The number of hydrogen-bond donors (Lipinski definition) is 1. The second-order valence-electron chi connectivity index (χ2n) is 5.18. The van der Waals surface area contributed by atoms with Crippen LogP contribution in [0.1, 0.15) is 6.42 Å². The van der Waals surface area contributed by atoms with Crippen molar-refractivity contribution in [3.8, 4) is 5.75 Å². The Morgan fingerprint density at radius 1 is 1.05 bits per heavy atom. The predicted octanol–water partition coefficient (Wildman–Crippen LogP) is 3.07. The van der Waals surface area contributed by atoms with Gasteiger partial charge < -0.3 is 13.9 Å². The topological polar surface area (TPSA) is 42.9 Å². The van der Waals surface area contributed by atoms with Crippen molar-refractivity contribution in [3.05, 3.63) is 60.0 Å². The molecule has 0 saturated heterocycles. The van der Waals surface area contributed by atoms with Crippen LogP contribution in [0.15, 0.2) is 48.5 Å². The van der Waals surface area contributed by atoms with E-state index in [0.717, 1.165) is 17.5 Å². The van der Waals surface area contributed by atoms with Crippen molar-refractivity contribution < 1.29 is 9.13 Å². The fraction of sp³-hybridized carbons (Fsp3) is 0.235. The zero-order valence-corrected chi connectivity index (χ0v) is 12.4. The van der Waals surface area contributed by atoms with E-state index in [1.165, 1.54) is 12.1 Å². The number of halogens is 1. The lowest BCUT2D eigenvalue weighted by molar-refractivity contribution is 0.301. The fourth-order valence-electron chi connectivity index (χ4n) is 2.56. The van der Waals surface area contributed by atoms with Crippen molar-refractivity contribution in [1.29, 1.82) is 5.41 Å². The number of ether oxygens (including phenoxy) is 1. The molecule has 0 fully saturated rings. The molecule has 0 aliphatic heterocycles. The number of rotatable bonds is 5. The van der Waals surface area contributed by atoms with Gasteiger partial charge in [0.2, 0.25) is 5.62 Å². The minimum absolute atomic E-state index is 0.266. The molecule has 2 aromatic carbocycles. The van der Waals surface area contributed by atoms with Crippen LogP contribution < -0.4 is 10.4 Å². The van der Waals surface area contributed by atoms with Crippen LogP contribution in [0.2, 0.25) is 0 Å². The largest absolute Gasteiger partial charge is 0.494 e. The minimum atomic E-state index is -0.266. The van der Waals surface area contributed by atoms with Crippen molar-refractivity contribution in [1.82, 2.24) is 9.13 Å². The Bertz CT molecular complexity index is 833. The number of nitrogens with zero attached hydrogens (tertiary/aromatic N) is 2. The third kappa shape index (κ3) is 2.74. The molecular formula is C17H18FN3O. The van der Waals surface area contributed by atoms with Crippen molar-refractivity contribution >= 4 is 11.0 Å². The van der Waals surface area contributed by atoms with Crippen molar-refractivity contribution in [3.63, 3.8) is 0 Å². The molecule has 0 atom stereocenters. The summed E-state index contributed by atoms with van der Waals surface area (Å²) in [7, 11) is 1.90. The average Bonchev–Trinajstić information content (AvgIpc) is 2.78. The van der Waals surface area contributed by atoms with Crippen LogP contribution in [-0.4, -0.2) is 15.7 Å². The van der Waals surface area contributed by atoms with E-state index in [2.05, 4.69) is 0 Å². The van der Waals surface area contributed by atoms with Gasteiger partial charge in [-0.3, -0.25) is 5.41 Å². The maximum Gasteiger partial charge on any atom is 0.202 e. The SMILES string of the molecule is Cn1c(=N)n(CCCOc2ccc(F)cc2)c2ccccc21. The molecule has 0 aliphatic carbocycles. The molecule has 0 aliphatic rings. The molecule has 0 spiro atoms. The van der Waals surface area contributed by atoms with Gasteiger partial charge in [0.15, 0.2) is 0 Å². The Hall–Kier alpha value is -2.56. The van der Waals surface area contributed by atoms with Gasteiger partial charge in [0.05, 0.1) is 17.6 Å². The number of imidazole rings is 1. The van der Waals surface area contributed by atoms with Crippen LogP contribution in [0.25, 0.3) is 11.0 Å². The zero-order chi connectivity index (χ0) is 15.5. The Labute approximate surface area is 127 Å². The summed E-state index contributed by atoms with van der Waals surface area (Å²) in [6.45, 7) is 1.24. The van der Waals surface area contributed by atoms with Crippen molar-refractivity contribution in [2.75, 3.05) is 6.61 Å². The zero-order valence-electron chi connectivity index (χ0n) is 12.4. The number of aromatic nitrogens is 2. The normalized spacial score (nSPS) is 11.0. The monoisotopic (exact) mass is 299 g/mol. The van der Waals surface area contributed by atoms with Gasteiger partial charge >= 0.3 is 0 Å². The summed E-state index contributed by atoms with van der Waals surface area (Å²) in [4.78, 5) is 0. The molecule has 0 amide bonds. The average molecular weight is 299 g/mol. The number of benzene rings is 2. The molecule has 0 radical (unpaired) electrons. The molecule has 0 bridgehead atoms. The fourth-order valence-corrected chi connectivity index (χ4v) is 2.56. The number of hydrogen-bond acceptors (Lipinski definition) is 2. The maximum absolute atomic E-state index is 12.8. The molecular weight excluding hydrogens is 281 g/mol. The van der Waals surface area contributed by atoms with Gasteiger partial charge in [-0.05, 0) is 42.8 Å². The molecule has 22 heavy (non-hydrogen) atoms. The summed E-state index contributed by atoms with van der Waals surface area (Å²) in [6.07, 6.45) is 0.780. The standard InChI is InChI=1S/C17H18FN3O/c1-20-15-5-2-3-6-16(15)21(17(20)19)11-4-12-22-14-9-7-13(18)8-10-14/h2-3,5-10,19H,4,11-12H2,1H3. The quantitative estimate of drug-likeness (QED) is 0.723. The van der Waals surface area contributed by atoms with Gasteiger partial charge in [-0.1, -0.05) is 12.1 Å². The highest BCUT2D eigenvalue weighted by Gasteiger charge is 2.07. The van der Waals surface area contributed by atoms with Gasteiger partial charge in [-0.15, -0.1) is 0 Å². The van der Waals surface area contributed by atoms with E-state index in [1.54, 1.807) is 12.1 Å². The van der Waals surface area contributed by atoms with Crippen LogP contribution in [0.5, 0.6) is 5.75 Å². The molecule has 4 nitrogen and oxygen atoms in total. The van der Waals surface area contributed by atoms with Crippen LogP contribution in [-0.2, 0) is 13.6 Å². The first kappa shape index (κ1) is 14.4. The van der Waals surface area contributed by atoms with Crippen LogP contribution in [0, 0.1) is 11.2 Å². The van der Waals surface area contributed by atoms with E-state index in [9.17, 15) is 4.39 Å².